The molecule has 0 aliphatic heterocycles. The summed E-state index contributed by atoms with van der Waals surface area (Å²) in [6.07, 6.45) is 1.67. The number of benzene rings is 2. The number of rotatable bonds is 6. The SMILES string of the molecule is C=CCNC(=O)[C@H](C)Sc1nnc(-c2ccccc2)c2ccccc12. The lowest BCUT2D eigenvalue weighted by Crippen LogP contribution is -2.30. The molecule has 3 rings (SSSR count). The monoisotopic (exact) mass is 349 g/mol. The molecule has 1 aromatic heterocycles. The molecule has 0 unspecified atom stereocenters. The van der Waals surface area contributed by atoms with Crippen LogP contribution in [-0.2, 0) is 4.79 Å². The molecule has 0 fully saturated rings. The van der Waals surface area contributed by atoms with Crippen LogP contribution in [-0.4, -0.2) is 27.9 Å². The quantitative estimate of drug-likeness (QED) is 0.538. The molecule has 2 aromatic carbocycles. The highest BCUT2D eigenvalue weighted by atomic mass is 32.2. The van der Waals surface area contributed by atoms with Crippen LogP contribution >= 0.6 is 11.8 Å². The Kier molecular flexibility index (Phi) is 5.46. The molecule has 0 bridgehead atoms. The minimum atomic E-state index is -0.264. The number of aromatic nitrogens is 2. The highest BCUT2D eigenvalue weighted by molar-refractivity contribution is 8.00. The zero-order chi connectivity index (χ0) is 17.6. The first kappa shape index (κ1) is 17.2. The average Bonchev–Trinajstić information content (AvgIpc) is 2.67. The van der Waals surface area contributed by atoms with E-state index in [0.717, 1.165) is 27.1 Å². The van der Waals surface area contributed by atoms with Gasteiger partial charge in [-0.05, 0) is 6.92 Å². The number of hydrogen-bond acceptors (Lipinski definition) is 4. The third-order valence-corrected chi connectivity index (χ3v) is 4.87. The third-order valence-electron chi connectivity index (χ3n) is 3.78. The fourth-order valence-electron chi connectivity index (χ4n) is 2.51. The number of nitrogens with zero attached hydrogens (tertiary/aromatic N) is 2. The van der Waals surface area contributed by atoms with Crippen molar-refractivity contribution < 1.29 is 4.79 Å². The van der Waals surface area contributed by atoms with Gasteiger partial charge in [0, 0.05) is 22.9 Å². The largest absolute Gasteiger partial charge is 0.352 e. The van der Waals surface area contributed by atoms with Crippen molar-refractivity contribution in [3.63, 3.8) is 0 Å². The van der Waals surface area contributed by atoms with Crippen LogP contribution in [0.15, 0.2) is 72.3 Å². The van der Waals surface area contributed by atoms with Crippen molar-refractivity contribution >= 4 is 28.4 Å². The van der Waals surface area contributed by atoms with Crippen LogP contribution < -0.4 is 5.32 Å². The van der Waals surface area contributed by atoms with Crippen LogP contribution in [0.4, 0.5) is 0 Å². The Morgan fingerprint density at radius 1 is 1.12 bits per heavy atom. The minimum Gasteiger partial charge on any atom is -0.352 e. The Labute approximate surface area is 151 Å². The van der Waals surface area contributed by atoms with Gasteiger partial charge in [0.1, 0.15) is 10.7 Å². The van der Waals surface area contributed by atoms with Crippen molar-refractivity contribution in [3.8, 4) is 11.3 Å². The highest BCUT2D eigenvalue weighted by Crippen LogP contribution is 2.33. The van der Waals surface area contributed by atoms with E-state index in [-0.39, 0.29) is 11.2 Å². The molecule has 0 aliphatic rings. The zero-order valence-electron chi connectivity index (χ0n) is 14.0. The normalized spacial score (nSPS) is 11.9. The van der Waals surface area contributed by atoms with Crippen LogP contribution in [0.1, 0.15) is 6.92 Å². The zero-order valence-corrected chi connectivity index (χ0v) is 14.8. The molecule has 126 valence electrons. The number of carbonyl (C=O) groups is 1. The van der Waals surface area contributed by atoms with E-state index in [1.165, 1.54) is 11.8 Å². The van der Waals surface area contributed by atoms with E-state index in [0.29, 0.717) is 6.54 Å². The summed E-state index contributed by atoms with van der Waals surface area (Å²) in [5.41, 5.74) is 1.88. The summed E-state index contributed by atoms with van der Waals surface area (Å²) < 4.78 is 0. The number of fused-ring (bicyclic) bond motifs is 1. The van der Waals surface area contributed by atoms with Gasteiger partial charge in [0.15, 0.2) is 0 Å². The number of nitrogens with one attached hydrogen (secondary N) is 1. The van der Waals surface area contributed by atoms with Crippen molar-refractivity contribution in [1.29, 1.82) is 0 Å². The van der Waals surface area contributed by atoms with E-state index in [9.17, 15) is 4.79 Å². The topological polar surface area (TPSA) is 54.9 Å². The standard InChI is InChI=1S/C20H19N3OS/c1-3-13-21-19(24)14(2)25-20-17-12-8-7-11-16(17)18(22-23-20)15-9-5-4-6-10-15/h3-12,14H,1,13H2,2H3,(H,21,24)/t14-/m0/s1. The molecule has 0 spiro atoms. The molecule has 1 atom stereocenters. The molecule has 0 saturated heterocycles. The molecule has 3 aromatic rings. The first-order chi connectivity index (χ1) is 12.2. The number of carbonyl (C=O) groups excluding carboxylic acids is 1. The lowest BCUT2D eigenvalue weighted by atomic mass is 10.1. The summed E-state index contributed by atoms with van der Waals surface area (Å²) in [6, 6.07) is 18.0. The van der Waals surface area contributed by atoms with Gasteiger partial charge in [-0.15, -0.1) is 16.8 Å². The number of hydrogen-bond donors (Lipinski definition) is 1. The van der Waals surface area contributed by atoms with Crippen molar-refractivity contribution in [2.75, 3.05) is 6.54 Å². The minimum absolute atomic E-state index is 0.0390. The van der Waals surface area contributed by atoms with Gasteiger partial charge in [-0.25, -0.2) is 0 Å². The van der Waals surface area contributed by atoms with Gasteiger partial charge in [-0.3, -0.25) is 4.79 Å². The fraction of sp³-hybridized carbons (Fsp3) is 0.150. The Bertz CT molecular complexity index is 896. The van der Waals surface area contributed by atoms with Gasteiger partial charge in [-0.1, -0.05) is 72.4 Å². The second-order valence-electron chi connectivity index (χ2n) is 5.56. The van der Waals surface area contributed by atoms with Gasteiger partial charge in [-0.2, -0.15) is 0 Å². The summed E-state index contributed by atoms with van der Waals surface area (Å²) in [5.74, 6) is -0.0390. The lowest BCUT2D eigenvalue weighted by molar-refractivity contribution is -0.120. The van der Waals surface area contributed by atoms with Crippen molar-refractivity contribution in [2.45, 2.75) is 17.2 Å². The van der Waals surface area contributed by atoms with Crippen molar-refractivity contribution in [3.05, 3.63) is 67.3 Å². The van der Waals surface area contributed by atoms with E-state index in [2.05, 4.69) is 22.1 Å². The predicted molar refractivity (Wildman–Crippen MR) is 103 cm³/mol. The Balaban J connectivity index is 1.96. The van der Waals surface area contributed by atoms with E-state index in [1.54, 1.807) is 6.08 Å². The summed E-state index contributed by atoms with van der Waals surface area (Å²) >= 11 is 1.42. The van der Waals surface area contributed by atoms with E-state index in [4.69, 9.17) is 0 Å². The first-order valence-electron chi connectivity index (χ1n) is 8.07. The maximum Gasteiger partial charge on any atom is 0.233 e. The molecule has 0 radical (unpaired) electrons. The molecular weight excluding hydrogens is 330 g/mol. The molecule has 0 saturated carbocycles. The highest BCUT2D eigenvalue weighted by Gasteiger charge is 2.18. The second kappa shape index (κ2) is 7.94. The predicted octanol–water partition coefficient (Wildman–Crippen LogP) is 4.08. The summed E-state index contributed by atoms with van der Waals surface area (Å²) in [6.45, 7) is 5.94. The van der Waals surface area contributed by atoms with Crippen LogP contribution in [0.3, 0.4) is 0 Å². The van der Waals surface area contributed by atoms with Crippen LogP contribution in [0.25, 0.3) is 22.0 Å². The summed E-state index contributed by atoms with van der Waals surface area (Å²) in [7, 11) is 0. The van der Waals surface area contributed by atoms with Crippen LogP contribution in [0, 0.1) is 0 Å². The molecular formula is C20H19N3OS. The van der Waals surface area contributed by atoms with Gasteiger partial charge in [0.25, 0.3) is 0 Å². The molecule has 4 nitrogen and oxygen atoms in total. The smallest absolute Gasteiger partial charge is 0.233 e. The van der Waals surface area contributed by atoms with Gasteiger partial charge < -0.3 is 5.32 Å². The molecule has 0 aliphatic carbocycles. The number of amides is 1. The molecule has 1 amide bonds. The van der Waals surface area contributed by atoms with Gasteiger partial charge in [0.2, 0.25) is 5.91 Å². The maximum atomic E-state index is 12.1. The molecule has 1 heterocycles. The fourth-order valence-corrected chi connectivity index (χ4v) is 3.43. The van der Waals surface area contributed by atoms with E-state index < -0.39 is 0 Å². The average molecular weight is 349 g/mol. The first-order valence-corrected chi connectivity index (χ1v) is 8.94. The molecule has 5 heteroatoms. The van der Waals surface area contributed by atoms with Gasteiger partial charge in [0.05, 0.1) is 5.25 Å². The van der Waals surface area contributed by atoms with Crippen molar-refractivity contribution in [2.24, 2.45) is 0 Å². The van der Waals surface area contributed by atoms with E-state index in [1.807, 2.05) is 61.5 Å². The molecule has 1 N–H and O–H groups in total. The number of thioether (sulfide) groups is 1. The van der Waals surface area contributed by atoms with Crippen molar-refractivity contribution in [1.82, 2.24) is 15.5 Å². The Morgan fingerprint density at radius 2 is 1.80 bits per heavy atom. The van der Waals surface area contributed by atoms with E-state index >= 15 is 0 Å². The van der Waals surface area contributed by atoms with Crippen LogP contribution in [0.5, 0.6) is 0 Å². The Hall–Kier alpha value is -2.66. The van der Waals surface area contributed by atoms with Gasteiger partial charge >= 0.3 is 0 Å². The maximum absolute atomic E-state index is 12.1. The molecule has 25 heavy (non-hydrogen) atoms. The Morgan fingerprint density at radius 3 is 2.52 bits per heavy atom. The second-order valence-corrected chi connectivity index (χ2v) is 6.89. The summed E-state index contributed by atoms with van der Waals surface area (Å²) in [4.78, 5) is 12.1. The third kappa shape index (κ3) is 3.88. The van der Waals surface area contributed by atoms with Crippen LogP contribution in [0.2, 0.25) is 0 Å². The summed E-state index contributed by atoms with van der Waals surface area (Å²) in [5, 5.41) is 14.2. The lowest BCUT2D eigenvalue weighted by Gasteiger charge is -2.13.